The van der Waals surface area contributed by atoms with Crippen molar-refractivity contribution in [1.82, 2.24) is 24.9 Å². The first-order valence-electron chi connectivity index (χ1n) is 18.3. The molecule has 5 heterocycles. The Labute approximate surface area is 440 Å². The number of pyridine rings is 5. The SMILES string of the molecule is CNc1cc(Cl)nc2c1C(C#N)=CC2.CNc1cc(Cl)nc2c1C(I)=CC2.Clc1cc(Cl)c2c(n1)CC=C2.Clc1cc(Cl)c2c(n1)CC=C2I.Clc1cc(Cl)c2c(n1)CC=C2I. The predicted octanol–water partition coefficient (Wildman–Crippen LogP) is 15.7. The maximum Gasteiger partial charge on any atom is 0.131 e. The lowest BCUT2D eigenvalue weighted by Gasteiger charge is -2.08. The summed E-state index contributed by atoms with van der Waals surface area (Å²) in [5.41, 5.74) is 12.7. The van der Waals surface area contributed by atoms with Crippen molar-refractivity contribution in [2.24, 2.45) is 0 Å². The normalized spacial score (nSPS) is 13.9. The summed E-state index contributed by atoms with van der Waals surface area (Å²) >= 11 is 53.7. The zero-order valence-electron chi connectivity index (χ0n) is 32.2. The summed E-state index contributed by atoms with van der Waals surface area (Å²) in [6, 6.07) is 10.8. The van der Waals surface area contributed by atoms with E-state index in [0.717, 1.165) is 94.9 Å². The van der Waals surface area contributed by atoms with Crippen LogP contribution in [0.1, 0.15) is 56.3 Å². The summed E-state index contributed by atoms with van der Waals surface area (Å²) in [4.78, 5) is 21.0. The first kappa shape index (κ1) is 49.5. The molecule has 8 nitrogen and oxygen atoms in total. The summed E-state index contributed by atoms with van der Waals surface area (Å²) in [5.74, 6) is 0. The Morgan fingerprint density at radius 2 is 0.855 bits per heavy atom. The summed E-state index contributed by atoms with van der Waals surface area (Å²) in [7, 11) is 3.70. The topological polar surface area (TPSA) is 112 Å². The highest BCUT2D eigenvalue weighted by Crippen LogP contribution is 2.40. The average Bonchev–Trinajstić information content (AvgIpc) is 4.07. The third-order valence-electron chi connectivity index (χ3n) is 9.38. The van der Waals surface area contributed by atoms with E-state index in [2.05, 4.69) is 128 Å². The fourth-order valence-electron chi connectivity index (χ4n) is 6.68. The molecular formula is C43H29Cl8I3N8. The molecule has 318 valence electrons. The van der Waals surface area contributed by atoms with Gasteiger partial charge in [0.2, 0.25) is 0 Å². The number of hydrogen-bond donors (Lipinski definition) is 2. The average molecular weight is 1320 g/mol. The molecule has 0 bridgehead atoms. The van der Waals surface area contributed by atoms with Crippen molar-refractivity contribution in [3.05, 3.63) is 158 Å². The maximum atomic E-state index is 8.90. The van der Waals surface area contributed by atoms with Gasteiger partial charge in [0.1, 0.15) is 25.8 Å². The largest absolute Gasteiger partial charge is 0.387 e. The smallest absolute Gasteiger partial charge is 0.131 e. The van der Waals surface area contributed by atoms with Gasteiger partial charge in [0.15, 0.2) is 0 Å². The summed E-state index contributed by atoms with van der Waals surface area (Å²) in [5, 5.41) is 19.6. The number of nitrogens with one attached hydrogen (secondary N) is 2. The Bertz CT molecular complexity index is 2730. The monoisotopic (exact) mass is 1320 g/mol. The molecule has 0 aliphatic heterocycles. The van der Waals surface area contributed by atoms with Crippen LogP contribution >= 0.6 is 161 Å². The molecule has 5 aromatic rings. The van der Waals surface area contributed by atoms with E-state index in [1.54, 1.807) is 31.3 Å². The molecule has 0 saturated heterocycles. The van der Waals surface area contributed by atoms with Gasteiger partial charge in [-0.15, -0.1) is 0 Å². The molecule has 5 aromatic heterocycles. The predicted molar refractivity (Wildman–Crippen MR) is 287 cm³/mol. The van der Waals surface area contributed by atoms with Gasteiger partial charge in [-0.05, 0) is 98.1 Å². The lowest BCUT2D eigenvalue weighted by atomic mass is 10.1. The molecule has 5 aliphatic rings. The Kier molecular flexibility index (Phi) is 18.0. The van der Waals surface area contributed by atoms with E-state index in [0.29, 0.717) is 52.8 Å². The molecule has 0 fully saturated rings. The Morgan fingerprint density at radius 3 is 1.32 bits per heavy atom. The van der Waals surface area contributed by atoms with E-state index in [4.69, 9.17) is 98.1 Å². The van der Waals surface area contributed by atoms with Gasteiger partial charge in [-0.1, -0.05) is 129 Å². The molecule has 0 amide bonds. The fraction of sp³-hybridized carbons (Fsp3) is 0.163. The molecule has 62 heavy (non-hydrogen) atoms. The Balaban J connectivity index is 0.000000130. The maximum absolute atomic E-state index is 8.90. The number of aromatic nitrogens is 5. The molecule has 0 spiro atoms. The second-order valence-electron chi connectivity index (χ2n) is 13.2. The fourth-order valence-corrected chi connectivity index (χ4v) is 11.6. The molecule has 19 heteroatoms. The van der Waals surface area contributed by atoms with Crippen molar-refractivity contribution < 1.29 is 0 Å². The van der Waals surface area contributed by atoms with Gasteiger partial charge in [0.05, 0.1) is 55.2 Å². The zero-order chi connectivity index (χ0) is 44.8. The number of allylic oxidation sites excluding steroid dienone is 6. The van der Waals surface area contributed by atoms with E-state index < -0.39 is 0 Å². The van der Waals surface area contributed by atoms with Gasteiger partial charge in [0.25, 0.3) is 0 Å². The first-order valence-corrected chi connectivity index (χ1v) is 24.5. The lowest BCUT2D eigenvalue weighted by Crippen LogP contribution is -1.98. The first-order chi connectivity index (χ1) is 29.6. The summed E-state index contributed by atoms with van der Waals surface area (Å²) < 4.78 is 3.58. The van der Waals surface area contributed by atoms with Crippen molar-refractivity contribution in [3.8, 4) is 6.07 Å². The third-order valence-corrected chi connectivity index (χ3v) is 14.2. The van der Waals surface area contributed by atoms with E-state index in [9.17, 15) is 0 Å². The van der Waals surface area contributed by atoms with Gasteiger partial charge in [-0.2, -0.15) is 5.26 Å². The highest BCUT2D eigenvalue weighted by atomic mass is 127. The number of fused-ring (bicyclic) bond motifs is 5. The standard InChI is InChI=1S/C10H8ClN3.C9H8ClIN2.2C8H4Cl2IN.C8H5Cl2N/c1-13-8-4-9(11)14-7-3-2-6(5-12)10(7)8;1-12-7-4-8(10)13-6-3-2-5(11)9(6)7;2*9-4-3-7(10)12-6-2-1-5(11)8(4)6;9-6-4-8(10)11-7-3-1-2-5(6)7/h2,4H,3H2,1H3,(H,13,14);2,4H,3H2,1H3,(H,12,13);2*1,3H,2H2;1-2,4H,3H2. The van der Waals surface area contributed by atoms with Crippen LogP contribution < -0.4 is 10.6 Å². The third kappa shape index (κ3) is 11.9. The van der Waals surface area contributed by atoms with E-state index in [-0.39, 0.29) is 0 Å². The lowest BCUT2D eigenvalue weighted by molar-refractivity contribution is 1.13. The molecule has 5 aliphatic carbocycles. The minimum atomic E-state index is 0.459. The van der Waals surface area contributed by atoms with Gasteiger partial charge in [-0.25, -0.2) is 24.9 Å². The van der Waals surface area contributed by atoms with Crippen LogP contribution in [0.2, 0.25) is 40.8 Å². The van der Waals surface area contributed by atoms with Gasteiger partial charge < -0.3 is 10.6 Å². The number of halogens is 11. The van der Waals surface area contributed by atoms with Crippen molar-refractivity contribution in [2.75, 3.05) is 24.7 Å². The highest BCUT2D eigenvalue weighted by molar-refractivity contribution is 14.1. The van der Waals surface area contributed by atoms with Crippen molar-refractivity contribution in [1.29, 1.82) is 5.26 Å². The minimum absolute atomic E-state index is 0.459. The molecule has 0 unspecified atom stereocenters. The van der Waals surface area contributed by atoms with Crippen LogP contribution in [0, 0.1) is 11.3 Å². The quantitative estimate of drug-likeness (QED) is 0.133. The van der Waals surface area contributed by atoms with Crippen LogP contribution in [-0.2, 0) is 32.1 Å². The highest BCUT2D eigenvalue weighted by Gasteiger charge is 2.21. The van der Waals surface area contributed by atoms with Crippen LogP contribution in [0.25, 0.3) is 22.4 Å². The van der Waals surface area contributed by atoms with E-state index in [1.807, 2.05) is 31.3 Å². The summed E-state index contributed by atoms with van der Waals surface area (Å²) in [6.45, 7) is 0. The number of hydrogen-bond acceptors (Lipinski definition) is 8. The summed E-state index contributed by atoms with van der Waals surface area (Å²) in [6.07, 6.45) is 16.3. The zero-order valence-corrected chi connectivity index (χ0v) is 44.7. The van der Waals surface area contributed by atoms with Crippen LogP contribution in [0.4, 0.5) is 11.4 Å². The van der Waals surface area contributed by atoms with Crippen LogP contribution in [-0.4, -0.2) is 39.0 Å². The van der Waals surface area contributed by atoms with E-state index >= 15 is 0 Å². The molecule has 0 atom stereocenters. The van der Waals surface area contributed by atoms with Crippen LogP contribution in [0.15, 0.2) is 60.7 Å². The molecule has 2 N–H and O–H groups in total. The molecule has 0 radical (unpaired) electrons. The van der Waals surface area contributed by atoms with Gasteiger partial charge in [0, 0.05) is 96.1 Å². The number of anilines is 2. The van der Waals surface area contributed by atoms with Crippen LogP contribution in [0.5, 0.6) is 0 Å². The van der Waals surface area contributed by atoms with Crippen LogP contribution in [0.3, 0.4) is 0 Å². The van der Waals surface area contributed by atoms with E-state index in [1.165, 1.54) is 9.14 Å². The number of nitrogens with zero attached hydrogens (tertiary/aromatic N) is 6. The van der Waals surface area contributed by atoms with Crippen molar-refractivity contribution in [2.45, 2.75) is 32.1 Å². The number of rotatable bonds is 2. The van der Waals surface area contributed by atoms with Crippen molar-refractivity contribution >= 4 is 194 Å². The van der Waals surface area contributed by atoms with Crippen molar-refractivity contribution in [3.63, 3.8) is 0 Å². The Hall–Kier alpha value is -1.95. The molecule has 10 rings (SSSR count). The van der Waals surface area contributed by atoms with Gasteiger partial charge >= 0.3 is 0 Å². The second kappa shape index (κ2) is 22.5. The molecule has 0 saturated carbocycles. The Morgan fingerprint density at radius 1 is 0.484 bits per heavy atom. The van der Waals surface area contributed by atoms with Gasteiger partial charge in [-0.3, -0.25) is 0 Å². The number of nitriles is 1. The molecule has 0 aromatic carbocycles. The molecular weight excluding hydrogens is 1290 g/mol. The second-order valence-corrected chi connectivity index (χ2v) is 19.9. The minimum Gasteiger partial charge on any atom is -0.387 e.